The molecular formula is C23H28N4O4S. The number of carbonyl (C=O) groups excluding carboxylic acids is 1. The molecule has 2 aliphatic rings. The molecule has 1 N–H and O–H groups in total. The molecule has 0 radical (unpaired) electrons. The first-order valence-electron chi connectivity index (χ1n) is 10.6. The number of fused-ring (bicyclic) bond motifs is 1. The van der Waals surface area contributed by atoms with Crippen molar-refractivity contribution >= 4 is 21.8 Å². The van der Waals surface area contributed by atoms with E-state index in [-0.39, 0.29) is 16.8 Å². The molecule has 0 unspecified atom stereocenters. The van der Waals surface area contributed by atoms with Gasteiger partial charge in [-0.1, -0.05) is 24.3 Å². The van der Waals surface area contributed by atoms with Crippen LogP contribution in [0.2, 0.25) is 0 Å². The number of nitrogens with one attached hydrogen (secondary N) is 1. The van der Waals surface area contributed by atoms with Crippen LogP contribution in [-0.2, 0) is 14.8 Å². The van der Waals surface area contributed by atoms with Crippen LogP contribution in [0.25, 0.3) is 0 Å². The predicted octanol–water partition coefficient (Wildman–Crippen LogP) is 2.03. The van der Waals surface area contributed by atoms with Gasteiger partial charge < -0.3 is 19.9 Å². The molecule has 9 heteroatoms. The summed E-state index contributed by atoms with van der Waals surface area (Å²) in [4.78, 5) is 17.2. The first kappa shape index (κ1) is 22.3. The molecule has 32 heavy (non-hydrogen) atoms. The largest absolute Gasteiger partial charge is 0.497 e. The number of methoxy groups -OCH3 is 1. The van der Waals surface area contributed by atoms with E-state index >= 15 is 0 Å². The van der Waals surface area contributed by atoms with Gasteiger partial charge >= 0.3 is 0 Å². The van der Waals surface area contributed by atoms with Crippen molar-refractivity contribution in [1.82, 2.24) is 15.1 Å². The molecular weight excluding hydrogens is 428 g/mol. The second kappa shape index (κ2) is 8.91. The van der Waals surface area contributed by atoms with Crippen molar-refractivity contribution < 1.29 is 17.9 Å². The lowest BCUT2D eigenvalue weighted by atomic mass is 10.1. The second-order valence-corrected chi connectivity index (χ2v) is 9.81. The summed E-state index contributed by atoms with van der Waals surface area (Å²) in [6.07, 6.45) is 1.46. The minimum Gasteiger partial charge on any atom is -0.497 e. The highest BCUT2D eigenvalue weighted by Crippen LogP contribution is 2.31. The zero-order chi connectivity index (χ0) is 22.9. The van der Waals surface area contributed by atoms with Crippen LogP contribution in [0.15, 0.2) is 57.8 Å². The molecule has 1 fully saturated rings. The number of sulfonamides is 1. The highest BCUT2D eigenvalue weighted by molar-refractivity contribution is 7.90. The maximum Gasteiger partial charge on any atom is 0.285 e. The molecule has 2 heterocycles. The fourth-order valence-corrected chi connectivity index (χ4v) is 5.55. The minimum atomic E-state index is -3.72. The first-order valence-corrected chi connectivity index (χ1v) is 12.0. The van der Waals surface area contributed by atoms with Crippen LogP contribution in [-0.4, -0.2) is 70.3 Å². The number of amidine groups is 1. The number of rotatable bonds is 6. The molecule has 0 spiro atoms. The summed E-state index contributed by atoms with van der Waals surface area (Å²) in [6, 6.07) is 14.1. The van der Waals surface area contributed by atoms with Gasteiger partial charge in [0.25, 0.3) is 10.0 Å². The highest BCUT2D eigenvalue weighted by Gasteiger charge is 2.39. The van der Waals surface area contributed by atoms with Crippen molar-refractivity contribution in [2.75, 3.05) is 34.3 Å². The number of hydrogen-bond acceptors (Lipinski definition) is 6. The van der Waals surface area contributed by atoms with Crippen LogP contribution < -0.4 is 10.1 Å². The Morgan fingerprint density at radius 2 is 1.94 bits per heavy atom. The van der Waals surface area contributed by atoms with Crippen molar-refractivity contribution in [2.24, 2.45) is 4.40 Å². The molecule has 0 bridgehead atoms. The Balaban J connectivity index is 1.49. The quantitative estimate of drug-likeness (QED) is 0.715. The van der Waals surface area contributed by atoms with Crippen molar-refractivity contribution in [3.63, 3.8) is 0 Å². The summed E-state index contributed by atoms with van der Waals surface area (Å²) in [6.45, 7) is 1.03. The van der Waals surface area contributed by atoms with Gasteiger partial charge in [-0.3, -0.25) is 4.79 Å². The lowest BCUT2D eigenvalue weighted by molar-refractivity contribution is -0.124. The predicted molar refractivity (Wildman–Crippen MR) is 122 cm³/mol. The number of likely N-dealkylation sites (tertiary alicyclic amines) is 1. The van der Waals surface area contributed by atoms with Crippen LogP contribution >= 0.6 is 0 Å². The van der Waals surface area contributed by atoms with E-state index in [1.807, 2.05) is 43.3 Å². The average Bonchev–Trinajstić information content (AvgIpc) is 3.37. The fourth-order valence-electron chi connectivity index (χ4n) is 4.33. The van der Waals surface area contributed by atoms with Gasteiger partial charge in [-0.05, 0) is 56.8 Å². The van der Waals surface area contributed by atoms with Gasteiger partial charge in [-0.2, -0.15) is 8.42 Å². The minimum absolute atomic E-state index is 0.00960. The molecule has 0 saturated carbocycles. The molecule has 1 amide bonds. The summed E-state index contributed by atoms with van der Waals surface area (Å²) in [5, 5.41) is 3.07. The van der Waals surface area contributed by atoms with Gasteiger partial charge in [-0.25, -0.2) is 0 Å². The fraction of sp³-hybridized carbons (Fsp3) is 0.391. The third-order valence-electron chi connectivity index (χ3n) is 6.03. The Hall–Kier alpha value is -2.91. The van der Waals surface area contributed by atoms with E-state index in [0.717, 1.165) is 17.7 Å². The van der Waals surface area contributed by atoms with Crippen LogP contribution in [0.4, 0.5) is 0 Å². The molecule has 2 aliphatic heterocycles. The average molecular weight is 457 g/mol. The Morgan fingerprint density at radius 3 is 2.62 bits per heavy atom. The monoisotopic (exact) mass is 456 g/mol. The van der Waals surface area contributed by atoms with E-state index in [4.69, 9.17) is 4.74 Å². The van der Waals surface area contributed by atoms with E-state index in [9.17, 15) is 13.2 Å². The zero-order valence-corrected chi connectivity index (χ0v) is 19.3. The van der Waals surface area contributed by atoms with Gasteiger partial charge in [0.2, 0.25) is 5.91 Å². The second-order valence-electron chi connectivity index (χ2n) is 8.24. The number of amides is 1. The zero-order valence-electron chi connectivity index (χ0n) is 18.5. The van der Waals surface area contributed by atoms with Crippen LogP contribution in [0.3, 0.4) is 0 Å². The van der Waals surface area contributed by atoms with E-state index in [2.05, 4.69) is 14.6 Å². The SMILES string of the molecule is COc1ccc([C@@H](CNC(=O)[C@H]2CCCN2C2=NS(=O)(=O)c3ccccc32)N(C)C)cc1. The number of likely N-dealkylation sites (N-methyl/N-ethyl adjacent to an activating group) is 1. The summed E-state index contributed by atoms with van der Waals surface area (Å²) in [7, 11) is 1.85. The third kappa shape index (κ3) is 4.22. The number of ether oxygens (including phenoxy) is 1. The molecule has 0 aromatic heterocycles. The maximum absolute atomic E-state index is 13.1. The first-order chi connectivity index (χ1) is 15.3. The van der Waals surface area contributed by atoms with Gasteiger partial charge in [0.1, 0.15) is 16.7 Å². The maximum atomic E-state index is 13.1. The molecule has 2 aromatic rings. The molecule has 2 atom stereocenters. The smallest absolute Gasteiger partial charge is 0.285 e. The third-order valence-corrected chi connectivity index (χ3v) is 7.36. The molecule has 170 valence electrons. The standard InChI is InChI=1S/C23H28N4O4S/c1-26(2)20(16-10-12-17(31-3)13-11-16)15-24-23(28)19-8-6-14-27(19)22-18-7-4-5-9-21(18)32(29,30)25-22/h4-5,7,9-13,19-20H,6,8,14-15H2,1-3H3,(H,24,28)/t19-,20-/m1/s1. The molecule has 0 aliphatic carbocycles. The van der Waals surface area contributed by atoms with E-state index in [1.54, 1.807) is 31.4 Å². The molecule has 4 rings (SSSR count). The number of nitrogens with zero attached hydrogens (tertiary/aromatic N) is 3. The topological polar surface area (TPSA) is 91.3 Å². The number of carbonyl (C=O) groups is 1. The Kier molecular flexibility index (Phi) is 6.21. The van der Waals surface area contributed by atoms with Gasteiger partial charge in [0.05, 0.1) is 13.2 Å². The Labute approximate surface area is 188 Å². The van der Waals surface area contributed by atoms with Crippen LogP contribution in [0.5, 0.6) is 5.75 Å². The normalized spacial score (nSPS) is 20.1. The molecule has 2 aromatic carbocycles. The van der Waals surface area contributed by atoms with Crippen molar-refractivity contribution in [3.05, 3.63) is 59.7 Å². The Morgan fingerprint density at radius 1 is 1.22 bits per heavy atom. The van der Waals surface area contributed by atoms with Crippen molar-refractivity contribution in [3.8, 4) is 5.75 Å². The van der Waals surface area contributed by atoms with E-state index in [1.165, 1.54) is 0 Å². The van der Waals surface area contributed by atoms with Gasteiger partial charge in [-0.15, -0.1) is 4.40 Å². The number of benzene rings is 2. The van der Waals surface area contributed by atoms with E-state index in [0.29, 0.717) is 30.9 Å². The Bertz CT molecular complexity index is 1130. The summed E-state index contributed by atoms with van der Waals surface area (Å²) >= 11 is 0. The van der Waals surface area contributed by atoms with Crippen molar-refractivity contribution in [1.29, 1.82) is 0 Å². The summed E-state index contributed by atoms with van der Waals surface area (Å²) in [5.74, 6) is 1.04. The van der Waals surface area contributed by atoms with Gasteiger partial charge in [0, 0.05) is 18.7 Å². The van der Waals surface area contributed by atoms with Crippen molar-refractivity contribution in [2.45, 2.75) is 29.8 Å². The van der Waals surface area contributed by atoms with Crippen LogP contribution in [0, 0.1) is 0 Å². The lowest BCUT2D eigenvalue weighted by Gasteiger charge is -2.28. The lowest BCUT2D eigenvalue weighted by Crippen LogP contribution is -2.47. The van der Waals surface area contributed by atoms with Gasteiger partial charge in [0.15, 0.2) is 5.84 Å². The van der Waals surface area contributed by atoms with E-state index < -0.39 is 16.1 Å². The summed E-state index contributed by atoms with van der Waals surface area (Å²) < 4.78 is 34.2. The molecule has 8 nitrogen and oxygen atoms in total. The number of hydrogen-bond donors (Lipinski definition) is 1. The molecule has 1 saturated heterocycles. The highest BCUT2D eigenvalue weighted by atomic mass is 32.2. The summed E-state index contributed by atoms with van der Waals surface area (Å²) in [5.41, 5.74) is 1.64. The van der Waals surface area contributed by atoms with Crippen LogP contribution in [0.1, 0.15) is 30.0 Å².